The molecule has 0 aliphatic carbocycles. The number of nitrogens with two attached hydrogens (primary N) is 1. The number of aromatic nitrogens is 1. The summed E-state index contributed by atoms with van der Waals surface area (Å²) in [5.74, 6) is 5.16. The Morgan fingerprint density at radius 2 is 2.00 bits per heavy atom. The molecule has 1 unspecified atom stereocenters. The van der Waals surface area contributed by atoms with E-state index in [-0.39, 0.29) is 11.9 Å². The van der Waals surface area contributed by atoms with Crippen molar-refractivity contribution >= 4 is 15.9 Å². The minimum Gasteiger partial charge on any atom is -0.271 e. The van der Waals surface area contributed by atoms with Crippen LogP contribution in [-0.4, -0.2) is 4.98 Å². The van der Waals surface area contributed by atoms with E-state index in [4.69, 9.17) is 5.84 Å². The third-order valence-electron chi connectivity index (χ3n) is 2.73. The molecule has 2 aromatic rings. The fourth-order valence-corrected chi connectivity index (χ4v) is 2.05. The first kappa shape index (κ1) is 13.1. The second-order valence-corrected chi connectivity index (χ2v) is 4.86. The van der Waals surface area contributed by atoms with Crippen LogP contribution in [0.25, 0.3) is 0 Å². The maximum absolute atomic E-state index is 13.6. The molecule has 0 amide bonds. The maximum atomic E-state index is 13.6. The van der Waals surface area contributed by atoms with Gasteiger partial charge in [0.15, 0.2) is 0 Å². The van der Waals surface area contributed by atoms with E-state index in [9.17, 15) is 4.39 Å². The number of nitrogens with one attached hydrogen (secondary N) is 1. The van der Waals surface area contributed by atoms with Crippen LogP contribution in [0, 0.1) is 5.82 Å². The molecule has 1 heterocycles. The number of nitrogens with zero attached hydrogens (tertiary/aromatic N) is 1. The van der Waals surface area contributed by atoms with Crippen molar-refractivity contribution in [3.63, 3.8) is 0 Å². The van der Waals surface area contributed by atoms with Crippen molar-refractivity contribution < 1.29 is 4.39 Å². The summed E-state index contributed by atoms with van der Waals surface area (Å²) < 4.78 is 14.6. The zero-order valence-corrected chi connectivity index (χ0v) is 11.2. The van der Waals surface area contributed by atoms with E-state index in [2.05, 4.69) is 26.3 Å². The number of pyridine rings is 1. The molecule has 3 nitrogen and oxygen atoms in total. The van der Waals surface area contributed by atoms with E-state index in [0.29, 0.717) is 12.0 Å². The Balaban J connectivity index is 2.20. The van der Waals surface area contributed by atoms with Crippen LogP contribution in [0.15, 0.2) is 47.2 Å². The molecule has 0 aliphatic heterocycles. The smallest absolute Gasteiger partial charge is 0.146 e. The van der Waals surface area contributed by atoms with Gasteiger partial charge in [0, 0.05) is 16.2 Å². The first-order chi connectivity index (χ1) is 8.70. The highest BCUT2D eigenvalue weighted by molar-refractivity contribution is 9.10. The average molecular weight is 310 g/mol. The van der Waals surface area contributed by atoms with E-state index in [1.165, 1.54) is 6.20 Å². The molecule has 1 aromatic carbocycles. The molecule has 2 rings (SSSR count). The summed E-state index contributed by atoms with van der Waals surface area (Å²) in [7, 11) is 0. The monoisotopic (exact) mass is 309 g/mol. The van der Waals surface area contributed by atoms with E-state index in [0.717, 1.165) is 10.0 Å². The Morgan fingerprint density at radius 1 is 1.28 bits per heavy atom. The van der Waals surface area contributed by atoms with Crippen LogP contribution in [0.5, 0.6) is 0 Å². The van der Waals surface area contributed by atoms with Crippen LogP contribution in [0.1, 0.15) is 17.2 Å². The Hall–Kier alpha value is -1.30. The number of hydrogen-bond acceptors (Lipinski definition) is 3. The topological polar surface area (TPSA) is 50.9 Å². The molecule has 0 bridgehead atoms. The maximum Gasteiger partial charge on any atom is 0.146 e. The predicted octanol–water partition coefficient (Wildman–Crippen LogP) is 2.73. The molecule has 0 aliphatic rings. The number of benzene rings is 1. The number of halogens is 2. The summed E-state index contributed by atoms with van der Waals surface area (Å²) >= 11 is 3.38. The SMILES string of the molecule is NNC(Cc1ccc(Br)cc1)c1ccncc1F. The van der Waals surface area contributed by atoms with Gasteiger partial charge in [0.05, 0.1) is 12.2 Å². The molecule has 18 heavy (non-hydrogen) atoms. The predicted molar refractivity (Wildman–Crippen MR) is 72.1 cm³/mol. The lowest BCUT2D eigenvalue weighted by atomic mass is 10.00. The summed E-state index contributed by atoms with van der Waals surface area (Å²) in [5, 5.41) is 0. The van der Waals surface area contributed by atoms with Crippen molar-refractivity contribution in [1.82, 2.24) is 10.4 Å². The van der Waals surface area contributed by atoms with Gasteiger partial charge >= 0.3 is 0 Å². The molecule has 1 aromatic heterocycles. The van der Waals surface area contributed by atoms with Gasteiger partial charge in [-0.25, -0.2) is 4.39 Å². The Kier molecular flexibility index (Phi) is 4.41. The van der Waals surface area contributed by atoms with Crippen molar-refractivity contribution in [3.8, 4) is 0 Å². The number of hydrogen-bond donors (Lipinski definition) is 2. The number of rotatable bonds is 4. The lowest BCUT2D eigenvalue weighted by Crippen LogP contribution is -2.30. The first-order valence-corrected chi connectivity index (χ1v) is 6.30. The first-order valence-electron chi connectivity index (χ1n) is 5.50. The Bertz CT molecular complexity index is 516. The molecule has 94 valence electrons. The van der Waals surface area contributed by atoms with Crippen LogP contribution in [-0.2, 0) is 6.42 Å². The third kappa shape index (κ3) is 3.13. The lowest BCUT2D eigenvalue weighted by molar-refractivity contribution is 0.508. The van der Waals surface area contributed by atoms with Crippen molar-refractivity contribution in [3.05, 3.63) is 64.1 Å². The van der Waals surface area contributed by atoms with Crippen molar-refractivity contribution in [1.29, 1.82) is 0 Å². The van der Waals surface area contributed by atoms with Gasteiger partial charge in [0.25, 0.3) is 0 Å². The summed E-state index contributed by atoms with van der Waals surface area (Å²) in [4.78, 5) is 3.73. The highest BCUT2D eigenvalue weighted by Gasteiger charge is 2.14. The fourth-order valence-electron chi connectivity index (χ4n) is 1.78. The van der Waals surface area contributed by atoms with Gasteiger partial charge < -0.3 is 0 Å². The van der Waals surface area contributed by atoms with Crippen molar-refractivity contribution in [2.45, 2.75) is 12.5 Å². The van der Waals surface area contributed by atoms with E-state index >= 15 is 0 Å². The van der Waals surface area contributed by atoms with Crippen LogP contribution in [0.4, 0.5) is 4.39 Å². The average Bonchev–Trinajstić information content (AvgIpc) is 2.39. The van der Waals surface area contributed by atoms with Crippen LogP contribution in [0.2, 0.25) is 0 Å². The fraction of sp³-hybridized carbons (Fsp3) is 0.154. The summed E-state index contributed by atoms with van der Waals surface area (Å²) in [6, 6.07) is 9.23. The van der Waals surface area contributed by atoms with Crippen molar-refractivity contribution in [2.75, 3.05) is 0 Å². The van der Waals surface area contributed by atoms with Crippen LogP contribution < -0.4 is 11.3 Å². The molecule has 0 saturated heterocycles. The molecule has 0 saturated carbocycles. The van der Waals surface area contributed by atoms with Gasteiger partial charge in [-0.15, -0.1) is 0 Å². The molecule has 0 fully saturated rings. The minimum absolute atomic E-state index is 0.269. The standard InChI is InChI=1S/C13H13BrFN3/c14-10-3-1-9(2-4-10)7-13(18-16)11-5-6-17-8-12(11)15/h1-6,8,13,18H,7,16H2. The van der Waals surface area contributed by atoms with Gasteiger partial charge in [-0.3, -0.25) is 16.3 Å². The minimum atomic E-state index is -0.349. The molecular formula is C13H13BrFN3. The van der Waals surface area contributed by atoms with Gasteiger partial charge in [-0.2, -0.15) is 0 Å². The zero-order valence-electron chi connectivity index (χ0n) is 9.61. The molecule has 0 radical (unpaired) electrons. The summed E-state index contributed by atoms with van der Waals surface area (Å²) in [5.41, 5.74) is 4.25. The van der Waals surface area contributed by atoms with Crippen LogP contribution >= 0.6 is 15.9 Å². The lowest BCUT2D eigenvalue weighted by Gasteiger charge is -2.16. The van der Waals surface area contributed by atoms with Crippen molar-refractivity contribution in [2.24, 2.45) is 5.84 Å². The second-order valence-electron chi connectivity index (χ2n) is 3.95. The van der Waals surface area contributed by atoms with E-state index in [1.54, 1.807) is 12.3 Å². The number of hydrazine groups is 1. The van der Waals surface area contributed by atoms with Gasteiger partial charge in [-0.05, 0) is 30.2 Å². The summed E-state index contributed by atoms with van der Waals surface area (Å²) in [6.45, 7) is 0. The van der Waals surface area contributed by atoms with Crippen LogP contribution in [0.3, 0.4) is 0 Å². The highest BCUT2D eigenvalue weighted by Crippen LogP contribution is 2.21. The Labute approximate surface area is 113 Å². The third-order valence-corrected chi connectivity index (χ3v) is 3.26. The summed E-state index contributed by atoms with van der Waals surface area (Å²) in [6.07, 6.45) is 3.37. The Morgan fingerprint density at radius 3 is 2.61 bits per heavy atom. The quantitative estimate of drug-likeness (QED) is 0.674. The second kappa shape index (κ2) is 6.04. The molecule has 3 N–H and O–H groups in total. The molecule has 1 atom stereocenters. The van der Waals surface area contributed by atoms with Gasteiger partial charge in [0.1, 0.15) is 5.82 Å². The molecule has 5 heteroatoms. The van der Waals surface area contributed by atoms with E-state index < -0.39 is 0 Å². The van der Waals surface area contributed by atoms with Gasteiger partial charge in [0.2, 0.25) is 0 Å². The van der Waals surface area contributed by atoms with Gasteiger partial charge in [-0.1, -0.05) is 28.1 Å². The zero-order chi connectivity index (χ0) is 13.0. The highest BCUT2D eigenvalue weighted by atomic mass is 79.9. The van der Waals surface area contributed by atoms with E-state index in [1.807, 2.05) is 24.3 Å². The molecule has 0 spiro atoms. The normalized spacial score (nSPS) is 12.4. The molecular weight excluding hydrogens is 297 g/mol. The largest absolute Gasteiger partial charge is 0.271 e.